The first-order chi connectivity index (χ1) is 23.1. The van der Waals surface area contributed by atoms with Gasteiger partial charge in [-0.3, -0.25) is 29.8 Å². The number of hydrogen-bond donors (Lipinski definition) is 3. The number of hydrogen-bond acceptors (Lipinski definition) is 11. The summed E-state index contributed by atoms with van der Waals surface area (Å²) in [5.41, 5.74) is -0.393. The molecule has 2 amide bonds. The summed E-state index contributed by atoms with van der Waals surface area (Å²) in [6.45, 7) is 0. The van der Waals surface area contributed by atoms with E-state index in [0.717, 1.165) is 60.7 Å². The Balaban J connectivity index is 1.26. The van der Waals surface area contributed by atoms with Gasteiger partial charge in [-0.25, -0.2) is 16.8 Å². The number of rotatable bonds is 10. The van der Waals surface area contributed by atoms with Gasteiger partial charge in [-0.2, -0.15) is 0 Å². The van der Waals surface area contributed by atoms with E-state index in [9.17, 15) is 51.8 Å². The van der Waals surface area contributed by atoms with Gasteiger partial charge in [0.05, 0.1) is 29.4 Å². The molecule has 0 atom stereocenters. The van der Waals surface area contributed by atoms with Gasteiger partial charge >= 0.3 is 0 Å². The number of phenols is 1. The lowest BCUT2D eigenvalue weighted by atomic mass is 10.1. The topological polar surface area (TPSA) is 233 Å². The number of carbonyl (C=O) groups excluding carboxylic acids is 2. The van der Waals surface area contributed by atoms with Gasteiger partial charge in [-0.1, -0.05) is 0 Å². The Morgan fingerprint density at radius 1 is 0.510 bits per heavy atom. The average Bonchev–Trinajstić information content (AvgIpc) is 3.08. The van der Waals surface area contributed by atoms with E-state index in [4.69, 9.17) is 0 Å². The van der Waals surface area contributed by atoms with Crippen molar-refractivity contribution in [2.75, 3.05) is 10.6 Å². The van der Waals surface area contributed by atoms with Crippen LogP contribution in [0, 0.1) is 20.2 Å². The highest BCUT2D eigenvalue weighted by atomic mass is 32.2. The van der Waals surface area contributed by atoms with Crippen LogP contribution in [0.1, 0.15) is 20.7 Å². The summed E-state index contributed by atoms with van der Waals surface area (Å²) in [4.78, 5) is 45.8. The van der Waals surface area contributed by atoms with Crippen LogP contribution in [-0.4, -0.2) is 43.6 Å². The molecule has 49 heavy (non-hydrogen) atoms. The van der Waals surface area contributed by atoms with Crippen LogP contribution in [-0.2, 0) is 19.7 Å². The van der Waals surface area contributed by atoms with Gasteiger partial charge in [0, 0.05) is 46.8 Å². The van der Waals surface area contributed by atoms with Gasteiger partial charge in [0.1, 0.15) is 5.75 Å². The third kappa shape index (κ3) is 7.42. The molecule has 5 aromatic rings. The van der Waals surface area contributed by atoms with Crippen molar-refractivity contribution < 1.29 is 41.4 Å². The molecular weight excluding hydrogens is 681 g/mol. The molecule has 0 spiro atoms. The number of phenolic OH excluding ortho intramolecular Hbond substituents is 1. The summed E-state index contributed by atoms with van der Waals surface area (Å²) in [6, 6.07) is 22.4. The summed E-state index contributed by atoms with van der Waals surface area (Å²) >= 11 is 0. The maximum absolute atomic E-state index is 13.0. The smallest absolute Gasteiger partial charge is 0.269 e. The molecule has 0 aliphatic heterocycles. The van der Waals surface area contributed by atoms with Gasteiger partial charge in [0.15, 0.2) is 0 Å². The third-order valence-corrected chi connectivity index (χ3v) is 10.6. The molecule has 0 aromatic heterocycles. The molecule has 3 N–H and O–H groups in total. The highest BCUT2D eigenvalue weighted by molar-refractivity contribution is 7.91. The molecule has 0 radical (unpaired) electrons. The van der Waals surface area contributed by atoms with E-state index in [-0.39, 0.29) is 53.5 Å². The molecule has 0 aliphatic carbocycles. The largest absolute Gasteiger partial charge is 0.508 e. The number of nitro groups is 2. The van der Waals surface area contributed by atoms with E-state index >= 15 is 0 Å². The van der Waals surface area contributed by atoms with Crippen LogP contribution in [0.25, 0.3) is 0 Å². The van der Waals surface area contributed by atoms with Crippen molar-refractivity contribution in [3.63, 3.8) is 0 Å². The monoisotopic (exact) mass is 702 g/mol. The molecule has 0 unspecified atom stereocenters. The lowest BCUT2D eigenvalue weighted by molar-refractivity contribution is -0.385. The van der Waals surface area contributed by atoms with Crippen LogP contribution in [0.2, 0.25) is 0 Å². The minimum absolute atomic E-state index is 0.114. The molecule has 5 rings (SSSR count). The maximum Gasteiger partial charge on any atom is 0.269 e. The fraction of sp³-hybridized carbons (Fsp3) is 0. The summed E-state index contributed by atoms with van der Waals surface area (Å²) < 4.78 is 51.7. The van der Waals surface area contributed by atoms with Crippen LogP contribution >= 0.6 is 0 Å². The van der Waals surface area contributed by atoms with Crippen LogP contribution in [0.5, 0.6) is 5.75 Å². The fourth-order valence-electron chi connectivity index (χ4n) is 4.48. The second-order valence-electron chi connectivity index (χ2n) is 10.2. The van der Waals surface area contributed by atoms with Gasteiger partial charge < -0.3 is 15.7 Å². The molecule has 17 heteroatoms. The van der Waals surface area contributed by atoms with E-state index in [1.54, 1.807) is 0 Å². The second-order valence-corrected chi connectivity index (χ2v) is 14.1. The standard InChI is InChI=1S/C32H22N4O11S2/c37-26-18-20(31(38)33-22-1-9-27(10-2-22)48(44,45)29-13-5-24(6-14-29)35(40)41)17-21(19-26)32(39)34-23-3-11-28(12-4-23)49(46,47)30-15-7-25(8-16-30)36(42)43/h1-19,37H,(H,33,38)(H,34,39). The number of amides is 2. The van der Waals surface area contributed by atoms with Crippen LogP contribution in [0.3, 0.4) is 0 Å². The van der Waals surface area contributed by atoms with Gasteiger partial charge in [-0.05, 0) is 91.0 Å². The number of sulfone groups is 2. The molecule has 0 saturated heterocycles. The Morgan fingerprint density at radius 3 is 1.08 bits per heavy atom. The lowest BCUT2D eigenvalue weighted by Gasteiger charge is -2.11. The maximum atomic E-state index is 13.0. The Bertz CT molecular complexity index is 2160. The van der Waals surface area contributed by atoms with E-state index < -0.39 is 47.1 Å². The fourth-order valence-corrected chi connectivity index (χ4v) is 7.00. The summed E-state index contributed by atoms with van der Waals surface area (Å²) in [6.07, 6.45) is 0. The third-order valence-electron chi connectivity index (χ3n) is 7.00. The Labute approximate surface area is 277 Å². The van der Waals surface area contributed by atoms with Crippen molar-refractivity contribution in [3.05, 3.63) is 147 Å². The first-order valence-corrected chi connectivity index (χ1v) is 16.8. The van der Waals surface area contributed by atoms with Gasteiger partial charge in [0.2, 0.25) is 19.7 Å². The van der Waals surface area contributed by atoms with E-state index in [0.29, 0.717) is 0 Å². The lowest BCUT2D eigenvalue weighted by Crippen LogP contribution is -2.16. The number of anilines is 2. The van der Waals surface area contributed by atoms with Gasteiger partial charge in [-0.15, -0.1) is 0 Å². The number of carbonyl (C=O) groups is 2. The first-order valence-electron chi connectivity index (χ1n) is 13.8. The van der Waals surface area contributed by atoms with Crippen LogP contribution in [0.4, 0.5) is 22.7 Å². The van der Waals surface area contributed by atoms with Crippen molar-refractivity contribution in [1.29, 1.82) is 0 Å². The minimum Gasteiger partial charge on any atom is -0.508 e. The molecule has 0 fully saturated rings. The van der Waals surface area contributed by atoms with E-state index in [1.165, 1.54) is 54.6 Å². The Kier molecular flexibility index (Phi) is 9.23. The zero-order chi connectivity index (χ0) is 35.5. The number of benzene rings is 5. The number of nitrogens with one attached hydrogen (secondary N) is 2. The predicted molar refractivity (Wildman–Crippen MR) is 174 cm³/mol. The molecule has 0 bridgehead atoms. The number of nitro benzene ring substituents is 2. The summed E-state index contributed by atoms with van der Waals surface area (Å²) in [5, 5.41) is 37.0. The molecule has 0 aliphatic rings. The second kappa shape index (κ2) is 13.3. The molecular formula is C32H22N4O11S2. The first kappa shape index (κ1) is 33.9. The predicted octanol–water partition coefficient (Wildman–Crippen LogP) is 5.38. The highest BCUT2D eigenvalue weighted by Crippen LogP contribution is 2.27. The van der Waals surface area contributed by atoms with Crippen molar-refractivity contribution in [3.8, 4) is 5.75 Å². The van der Waals surface area contributed by atoms with Crippen molar-refractivity contribution in [1.82, 2.24) is 0 Å². The molecule has 0 saturated carbocycles. The van der Waals surface area contributed by atoms with Crippen molar-refractivity contribution in [2.45, 2.75) is 19.6 Å². The number of non-ortho nitro benzene ring substituents is 2. The number of nitrogens with zero attached hydrogens (tertiary/aromatic N) is 2. The quantitative estimate of drug-likeness (QED) is 0.123. The summed E-state index contributed by atoms with van der Waals surface area (Å²) in [7, 11) is -8.03. The molecule has 0 heterocycles. The van der Waals surface area contributed by atoms with Crippen LogP contribution < -0.4 is 10.6 Å². The SMILES string of the molecule is O=C(Nc1ccc(S(=O)(=O)c2ccc([N+](=O)[O-])cc2)cc1)c1cc(O)cc(C(=O)Nc2ccc(S(=O)(=O)c3ccc([N+](=O)[O-])cc3)cc2)c1. The van der Waals surface area contributed by atoms with E-state index in [1.807, 2.05) is 0 Å². The van der Waals surface area contributed by atoms with Crippen molar-refractivity contribution in [2.24, 2.45) is 0 Å². The zero-order valence-electron chi connectivity index (χ0n) is 24.7. The van der Waals surface area contributed by atoms with Crippen molar-refractivity contribution >= 4 is 54.2 Å². The zero-order valence-corrected chi connectivity index (χ0v) is 26.3. The van der Waals surface area contributed by atoms with Gasteiger partial charge in [0.25, 0.3) is 23.2 Å². The van der Waals surface area contributed by atoms with E-state index in [2.05, 4.69) is 10.6 Å². The Morgan fingerprint density at radius 2 is 0.796 bits per heavy atom. The Hall–Kier alpha value is -6.46. The molecule has 248 valence electrons. The van der Waals surface area contributed by atoms with Crippen LogP contribution in [0.15, 0.2) is 135 Å². The molecule has 5 aromatic carbocycles. The minimum atomic E-state index is -4.02. The highest BCUT2D eigenvalue weighted by Gasteiger charge is 2.21. The average molecular weight is 703 g/mol. The molecule has 15 nitrogen and oxygen atoms in total. The summed E-state index contributed by atoms with van der Waals surface area (Å²) in [5.74, 6) is -1.89. The normalized spacial score (nSPS) is 11.3. The number of aromatic hydroxyl groups is 1.